The van der Waals surface area contributed by atoms with Crippen LogP contribution in [0.3, 0.4) is 0 Å². The predicted octanol–water partition coefficient (Wildman–Crippen LogP) is 2.75. The molecule has 1 aromatic rings. The molecule has 0 radical (unpaired) electrons. The van der Waals surface area contributed by atoms with Crippen LogP contribution in [0.15, 0.2) is 29.3 Å². The Morgan fingerprint density at radius 3 is 2.54 bits per heavy atom. The van der Waals surface area contributed by atoms with E-state index in [4.69, 9.17) is 0 Å². The highest BCUT2D eigenvalue weighted by Gasteiger charge is 2.31. The van der Waals surface area contributed by atoms with E-state index in [2.05, 4.69) is 19.9 Å². The van der Waals surface area contributed by atoms with Crippen LogP contribution in [0, 0.1) is 0 Å². The first-order valence-electron chi connectivity index (χ1n) is 9.29. The minimum absolute atomic E-state index is 0.213. The van der Waals surface area contributed by atoms with Crippen molar-refractivity contribution in [2.24, 2.45) is 4.99 Å². The zero-order valence-corrected chi connectivity index (χ0v) is 16.3. The summed E-state index contributed by atoms with van der Waals surface area (Å²) in [6, 6.07) is 5.44. The Morgan fingerprint density at radius 1 is 1.21 bits per heavy atom. The number of piperazine rings is 1. The zero-order valence-electron chi connectivity index (χ0n) is 16.3. The van der Waals surface area contributed by atoms with Crippen molar-refractivity contribution in [1.82, 2.24) is 10.2 Å². The maximum Gasteiger partial charge on any atom is 0.416 e. The summed E-state index contributed by atoms with van der Waals surface area (Å²) in [5.41, 5.74) is -0.0444. The standard InChI is InChI=1S/C19H27F3N4O2/c1-23-18(24-9-4-3-8-17(27)28-2)26-12-10-25(11-13-26)16-7-5-6-15(14-16)19(20,21)22/h5-7,14H,3-4,8-13H2,1-2H3,(H,23,24). The van der Waals surface area contributed by atoms with E-state index in [1.807, 2.05) is 4.90 Å². The molecule has 0 amide bonds. The van der Waals surface area contributed by atoms with E-state index in [-0.39, 0.29) is 5.97 Å². The summed E-state index contributed by atoms with van der Waals surface area (Å²) in [6.45, 7) is 3.25. The third-order valence-electron chi connectivity index (χ3n) is 4.65. The third kappa shape index (κ3) is 6.31. The Kier molecular flexibility index (Phi) is 7.95. The normalized spacial score (nSPS) is 15.5. The Hall–Kier alpha value is -2.45. The van der Waals surface area contributed by atoms with Gasteiger partial charge in [-0.05, 0) is 31.0 Å². The summed E-state index contributed by atoms with van der Waals surface area (Å²) in [6.07, 6.45) is -2.39. The van der Waals surface area contributed by atoms with Crippen molar-refractivity contribution in [1.29, 1.82) is 0 Å². The van der Waals surface area contributed by atoms with Crippen LogP contribution in [0.2, 0.25) is 0 Å². The molecule has 1 heterocycles. The molecule has 0 spiro atoms. The number of ether oxygens (including phenoxy) is 1. The number of methoxy groups -OCH3 is 1. The second-order valence-corrected chi connectivity index (χ2v) is 6.53. The fourth-order valence-corrected chi connectivity index (χ4v) is 3.08. The van der Waals surface area contributed by atoms with Gasteiger partial charge in [0, 0.05) is 51.9 Å². The fourth-order valence-electron chi connectivity index (χ4n) is 3.08. The number of guanidine groups is 1. The number of nitrogens with one attached hydrogen (secondary N) is 1. The van der Waals surface area contributed by atoms with Gasteiger partial charge in [-0.3, -0.25) is 9.79 Å². The number of carbonyl (C=O) groups excluding carboxylic acids is 1. The largest absolute Gasteiger partial charge is 0.469 e. The Balaban J connectivity index is 1.81. The van der Waals surface area contributed by atoms with Crippen LogP contribution >= 0.6 is 0 Å². The molecule has 0 aliphatic carbocycles. The van der Waals surface area contributed by atoms with Crippen molar-refractivity contribution in [3.63, 3.8) is 0 Å². The SMILES string of the molecule is CN=C(NCCCCC(=O)OC)N1CCN(c2cccc(C(F)(F)F)c2)CC1. The molecule has 6 nitrogen and oxygen atoms in total. The zero-order chi connectivity index (χ0) is 20.6. The van der Waals surface area contributed by atoms with E-state index in [1.54, 1.807) is 13.1 Å². The number of nitrogens with zero attached hydrogens (tertiary/aromatic N) is 3. The number of benzene rings is 1. The van der Waals surface area contributed by atoms with Crippen LogP contribution in [0.1, 0.15) is 24.8 Å². The minimum Gasteiger partial charge on any atom is -0.469 e. The van der Waals surface area contributed by atoms with Crippen LogP contribution in [-0.4, -0.2) is 63.7 Å². The van der Waals surface area contributed by atoms with Gasteiger partial charge in [0.25, 0.3) is 0 Å². The van der Waals surface area contributed by atoms with E-state index < -0.39 is 11.7 Å². The van der Waals surface area contributed by atoms with Gasteiger partial charge in [-0.25, -0.2) is 0 Å². The summed E-state index contributed by atoms with van der Waals surface area (Å²) in [5.74, 6) is 0.553. The lowest BCUT2D eigenvalue weighted by atomic mass is 10.1. The first-order chi connectivity index (χ1) is 13.3. The van der Waals surface area contributed by atoms with Crippen molar-refractivity contribution >= 4 is 17.6 Å². The first kappa shape index (κ1) is 21.8. The van der Waals surface area contributed by atoms with E-state index in [9.17, 15) is 18.0 Å². The van der Waals surface area contributed by atoms with Gasteiger partial charge in [0.1, 0.15) is 0 Å². The molecule has 156 valence electrons. The van der Waals surface area contributed by atoms with Gasteiger partial charge in [0.05, 0.1) is 12.7 Å². The lowest BCUT2D eigenvalue weighted by molar-refractivity contribution is -0.140. The van der Waals surface area contributed by atoms with Gasteiger partial charge >= 0.3 is 12.1 Å². The van der Waals surface area contributed by atoms with E-state index in [0.717, 1.165) is 24.9 Å². The van der Waals surface area contributed by atoms with Gasteiger partial charge in [0.2, 0.25) is 0 Å². The number of anilines is 1. The Labute approximate surface area is 163 Å². The molecule has 0 bridgehead atoms. The van der Waals surface area contributed by atoms with Crippen LogP contribution < -0.4 is 10.2 Å². The lowest BCUT2D eigenvalue weighted by Crippen LogP contribution is -2.52. The smallest absolute Gasteiger partial charge is 0.416 e. The number of carbonyl (C=O) groups is 1. The van der Waals surface area contributed by atoms with Crippen molar-refractivity contribution in [2.45, 2.75) is 25.4 Å². The van der Waals surface area contributed by atoms with E-state index in [1.165, 1.54) is 19.2 Å². The van der Waals surface area contributed by atoms with Crippen molar-refractivity contribution in [3.8, 4) is 0 Å². The molecule has 1 saturated heterocycles. The second-order valence-electron chi connectivity index (χ2n) is 6.53. The van der Waals surface area contributed by atoms with Gasteiger partial charge in [-0.15, -0.1) is 0 Å². The Bertz CT molecular complexity index is 671. The molecule has 0 saturated carbocycles. The predicted molar refractivity (Wildman–Crippen MR) is 102 cm³/mol. The first-order valence-corrected chi connectivity index (χ1v) is 9.29. The number of alkyl halides is 3. The molecule has 1 fully saturated rings. The lowest BCUT2D eigenvalue weighted by Gasteiger charge is -2.37. The summed E-state index contributed by atoms with van der Waals surface area (Å²) < 4.78 is 43.3. The van der Waals surface area contributed by atoms with Crippen molar-refractivity contribution in [3.05, 3.63) is 29.8 Å². The summed E-state index contributed by atoms with van der Waals surface area (Å²) in [4.78, 5) is 19.4. The number of esters is 1. The molecular formula is C19H27F3N4O2. The van der Waals surface area contributed by atoms with E-state index >= 15 is 0 Å². The van der Waals surface area contributed by atoms with Gasteiger partial charge in [-0.2, -0.15) is 13.2 Å². The molecule has 0 aromatic heterocycles. The maximum atomic E-state index is 12.9. The van der Waals surface area contributed by atoms with E-state index in [0.29, 0.717) is 44.8 Å². The fraction of sp³-hybridized carbons (Fsp3) is 0.579. The number of hydrogen-bond acceptors (Lipinski definition) is 4. The molecule has 28 heavy (non-hydrogen) atoms. The molecular weight excluding hydrogens is 373 g/mol. The van der Waals surface area contributed by atoms with Crippen molar-refractivity contribution in [2.75, 3.05) is 51.8 Å². The molecule has 1 aliphatic heterocycles. The molecule has 1 N–H and O–H groups in total. The van der Waals surface area contributed by atoms with Gasteiger partial charge in [-0.1, -0.05) is 6.07 Å². The monoisotopic (exact) mass is 400 g/mol. The topological polar surface area (TPSA) is 57.2 Å². The van der Waals surface area contributed by atoms with Gasteiger partial charge < -0.3 is 19.9 Å². The quantitative estimate of drug-likeness (QED) is 0.344. The Morgan fingerprint density at radius 2 is 1.93 bits per heavy atom. The number of unbranched alkanes of at least 4 members (excludes halogenated alkanes) is 1. The van der Waals surface area contributed by atoms with Crippen LogP contribution in [0.25, 0.3) is 0 Å². The highest BCUT2D eigenvalue weighted by molar-refractivity contribution is 5.80. The summed E-state index contributed by atoms with van der Waals surface area (Å²) in [5, 5.41) is 3.27. The number of rotatable bonds is 6. The van der Waals surface area contributed by atoms with Crippen molar-refractivity contribution < 1.29 is 22.7 Å². The van der Waals surface area contributed by atoms with Crippen LogP contribution in [0.4, 0.5) is 18.9 Å². The molecule has 0 unspecified atom stereocenters. The summed E-state index contributed by atoms with van der Waals surface area (Å²) >= 11 is 0. The highest BCUT2D eigenvalue weighted by atomic mass is 19.4. The number of hydrogen-bond donors (Lipinski definition) is 1. The third-order valence-corrected chi connectivity index (χ3v) is 4.65. The molecule has 2 rings (SSSR count). The number of halogens is 3. The molecule has 0 atom stereocenters. The molecule has 1 aromatic carbocycles. The minimum atomic E-state index is -4.34. The number of aliphatic imine (C=N–C) groups is 1. The maximum absolute atomic E-state index is 12.9. The van der Waals surface area contributed by atoms with Crippen LogP contribution in [0.5, 0.6) is 0 Å². The average Bonchev–Trinajstić information content (AvgIpc) is 2.70. The highest BCUT2D eigenvalue weighted by Crippen LogP contribution is 2.31. The second kappa shape index (κ2) is 10.2. The molecule has 1 aliphatic rings. The summed E-state index contributed by atoms with van der Waals surface area (Å²) in [7, 11) is 3.08. The van der Waals surface area contributed by atoms with Gasteiger partial charge in [0.15, 0.2) is 5.96 Å². The van der Waals surface area contributed by atoms with Crippen LogP contribution in [-0.2, 0) is 15.7 Å². The molecule has 9 heteroatoms. The average molecular weight is 400 g/mol.